The molecule has 1 atom stereocenters. The van der Waals surface area contributed by atoms with Gasteiger partial charge in [0.2, 0.25) is 0 Å². The van der Waals surface area contributed by atoms with Crippen molar-refractivity contribution in [2.75, 3.05) is 18.1 Å². The highest BCUT2D eigenvalue weighted by Gasteiger charge is 2.47. The molecule has 1 aliphatic heterocycles. The number of Topliss-reactive ketones (excluding diaryl/α,β-unsaturated/α-hetero) is 1. The molecule has 0 radical (unpaired) electrons. The molecule has 1 unspecified atom stereocenters. The first-order valence-electron chi connectivity index (χ1n) is 11.1. The number of phenolic OH excluding ortho intramolecular Hbond substituents is 1. The molecule has 0 saturated carbocycles. The number of carbonyl (C=O) groups is 2. The summed E-state index contributed by atoms with van der Waals surface area (Å²) in [7, 11) is 0. The largest absolute Gasteiger partial charge is 0.507 e. The Hall–Kier alpha value is -4.33. The van der Waals surface area contributed by atoms with E-state index in [-0.39, 0.29) is 29.2 Å². The lowest BCUT2D eigenvalue weighted by molar-refractivity contribution is -0.132. The van der Waals surface area contributed by atoms with Crippen molar-refractivity contribution in [3.05, 3.63) is 89.2 Å². The molecule has 0 aliphatic carbocycles. The number of ketones is 1. The number of nitrogens with zero attached hydrogens (tertiary/aromatic N) is 1. The molecule has 3 aromatic rings. The molecule has 180 valence electrons. The quantitative estimate of drug-likeness (QED) is 0.284. The van der Waals surface area contributed by atoms with Crippen LogP contribution >= 0.6 is 0 Å². The lowest BCUT2D eigenvalue weighted by Gasteiger charge is -2.26. The van der Waals surface area contributed by atoms with Gasteiger partial charge in [-0.3, -0.25) is 14.5 Å². The molecular formula is C27H24FNO6. The van der Waals surface area contributed by atoms with Crippen LogP contribution in [-0.4, -0.2) is 35.1 Å². The van der Waals surface area contributed by atoms with E-state index in [1.807, 2.05) is 6.92 Å². The zero-order chi connectivity index (χ0) is 25.1. The third kappa shape index (κ3) is 4.55. The van der Waals surface area contributed by atoms with Gasteiger partial charge in [0.05, 0.1) is 24.8 Å². The molecule has 1 fully saturated rings. The van der Waals surface area contributed by atoms with E-state index in [4.69, 9.17) is 9.47 Å². The zero-order valence-electron chi connectivity index (χ0n) is 19.2. The SMILES string of the molecule is CCOc1ccc(N2C(=O)C(=O)/C(=C(\O)c3ccc(F)cc3)C2c2ccc(O)c(OCC)c2)cc1. The van der Waals surface area contributed by atoms with E-state index >= 15 is 0 Å². The number of hydrogen-bond donors (Lipinski definition) is 2. The van der Waals surface area contributed by atoms with Crippen molar-refractivity contribution in [2.24, 2.45) is 0 Å². The molecule has 2 N–H and O–H groups in total. The van der Waals surface area contributed by atoms with Crippen molar-refractivity contribution in [1.29, 1.82) is 0 Å². The molecular weight excluding hydrogens is 453 g/mol. The van der Waals surface area contributed by atoms with Crippen LogP contribution in [-0.2, 0) is 9.59 Å². The molecule has 1 heterocycles. The topological polar surface area (TPSA) is 96.3 Å². The number of amides is 1. The number of carbonyl (C=O) groups excluding carboxylic acids is 2. The van der Waals surface area contributed by atoms with Crippen LogP contribution in [0.2, 0.25) is 0 Å². The number of rotatable bonds is 7. The van der Waals surface area contributed by atoms with E-state index in [9.17, 15) is 24.2 Å². The van der Waals surface area contributed by atoms with Crippen molar-refractivity contribution >= 4 is 23.1 Å². The molecule has 0 bridgehead atoms. The fourth-order valence-electron chi connectivity index (χ4n) is 4.02. The molecule has 0 spiro atoms. The van der Waals surface area contributed by atoms with E-state index in [0.717, 1.165) is 12.1 Å². The first-order chi connectivity index (χ1) is 16.8. The van der Waals surface area contributed by atoms with Crippen molar-refractivity contribution in [1.82, 2.24) is 0 Å². The zero-order valence-corrected chi connectivity index (χ0v) is 19.2. The maximum absolute atomic E-state index is 13.5. The fourth-order valence-corrected chi connectivity index (χ4v) is 4.02. The molecule has 1 aliphatic rings. The Balaban J connectivity index is 1.91. The van der Waals surface area contributed by atoms with Crippen LogP contribution in [0, 0.1) is 5.82 Å². The minimum atomic E-state index is -1.03. The van der Waals surface area contributed by atoms with Crippen LogP contribution in [0.5, 0.6) is 17.2 Å². The summed E-state index contributed by atoms with van der Waals surface area (Å²) in [6, 6.07) is 15.0. The van der Waals surface area contributed by atoms with Gasteiger partial charge in [0.25, 0.3) is 11.7 Å². The van der Waals surface area contributed by atoms with Crippen LogP contribution < -0.4 is 14.4 Å². The molecule has 35 heavy (non-hydrogen) atoms. The predicted molar refractivity (Wildman–Crippen MR) is 128 cm³/mol. The maximum atomic E-state index is 13.5. The third-order valence-electron chi connectivity index (χ3n) is 5.59. The molecule has 8 heteroatoms. The van der Waals surface area contributed by atoms with Crippen LogP contribution in [0.15, 0.2) is 72.3 Å². The van der Waals surface area contributed by atoms with Gasteiger partial charge >= 0.3 is 0 Å². The number of ether oxygens (including phenoxy) is 2. The van der Waals surface area contributed by atoms with Gasteiger partial charge in [-0.25, -0.2) is 4.39 Å². The van der Waals surface area contributed by atoms with Gasteiger partial charge in [0.1, 0.15) is 17.3 Å². The summed E-state index contributed by atoms with van der Waals surface area (Å²) >= 11 is 0. The molecule has 1 saturated heterocycles. The number of benzene rings is 3. The van der Waals surface area contributed by atoms with E-state index in [1.54, 1.807) is 37.3 Å². The van der Waals surface area contributed by atoms with Gasteiger partial charge in [0.15, 0.2) is 11.5 Å². The van der Waals surface area contributed by atoms with Gasteiger partial charge in [-0.1, -0.05) is 6.07 Å². The summed E-state index contributed by atoms with van der Waals surface area (Å²) in [4.78, 5) is 27.7. The van der Waals surface area contributed by atoms with Gasteiger partial charge in [-0.05, 0) is 80.1 Å². The number of hydrogen-bond acceptors (Lipinski definition) is 6. The summed E-state index contributed by atoms with van der Waals surface area (Å²) in [6.07, 6.45) is 0. The second-order valence-corrected chi connectivity index (χ2v) is 7.76. The smallest absolute Gasteiger partial charge is 0.300 e. The Morgan fingerprint density at radius 1 is 0.943 bits per heavy atom. The average molecular weight is 477 g/mol. The average Bonchev–Trinajstić information content (AvgIpc) is 3.12. The minimum absolute atomic E-state index is 0.104. The highest BCUT2D eigenvalue weighted by Crippen LogP contribution is 2.44. The Kier molecular flexibility index (Phi) is 6.73. The first-order valence-corrected chi connectivity index (χ1v) is 11.1. The van der Waals surface area contributed by atoms with Crippen molar-refractivity contribution < 1.29 is 33.7 Å². The van der Waals surface area contributed by atoms with Crippen LogP contribution in [0.25, 0.3) is 5.76 Å². The van der Waals surface area contributed by atoms with E-state index in [2.05, 4.69) is 0 Å². The van der Waals surface area contributed by atoms with Gasteiger partial charge in [-0.2, -0.15) is 0 Å². The Bertz CT molecular complexity index is 1280. The van der Waals surface area contributed by atoms with E-state index in [1.165, 1.54) is 29.2 Å². The summed E-state index contributed by atoms with van der Waals surface area (Å²) in [5.74, 6) is -2.01. The molecule has 7 nitrogen and oxygen atoms in total. The van der Waals surface area contributed by atoms with E-state index < -0.39 is 29.3 Å². The fraction of sp³-hybridized carbons (Fsp3) is 0.185. The summed E-state index contributed by atoms with van der Waals surface area (Å²) in [5.41, 5.74) is 0.862. The molecule has 3 aromatic carbocycles. The number of aliphatic hydroxyl groups is 1. The Morgan fingerprint density at radius 2 is 1.60 bits per heavy atom. The maximum Gasteiger partial charge on any atom is 0.300 e. The van der Waals surface area contributed by atoms with Crippen LogP contribution in [0.3, 0.4) is 0 Å². The lowest BCUT2D eigenvalue weighted by atomic mass is 9.94. The number of phenols is 1. The van der Waals surface area contributed by atoms with Crippen molar-refractivity contribution in [2.45, 2.75) is 19.9 Å². The normalized spacial score (nSPS) is 17.0. The van der Waals surface area contributed by atoms with Crippen LogP contribution in [0.1, 0.15) is 31.0 Å². The number of aliphatic hydroxyl groups excluding tert-OH is 1. The van der Waals surface area contributed by atoms with Crippen molar-refractivity contribution in [3.8, 4) is 17.2 Å². The number of anilines is 1. The summed E-state index contributed by atoms with van der Waals surface area (Å²) < 4.78 is 24.4. The number of aromatic hydroxyl groups is 1. The lowest BCUT2D eigenvalue weighted by Crippen LogP contribution is -2.29. The van der Waals surface area contributed by atoms with Gasteiger partial charge < -0.3 is 19.7 Å². The molecule has 0 aromatic heterocycles. The molecule has 4 rings (SSSR count). The van der Waals surface area contributed by atoms with E-state index in [0.29, 0.717) is 23.6 Å². The second kappa shape index (κ2) is 9.89. The minimum Gasteiger partial charge on any atom is -0.507 e. The summed E-state index contributed by atoms with van der Waals surface area (Å²) in [6.45, 7) is 4.36. The highest BCUT2D eigenvalue weighted by atomic mass is 19.1. The second-order valence-electron chi connectivity index (χ2n) is 7.76. The first kappa shape index (κ1) is 23.8. The summed E-state index contributed by atoms with van der Waals surface area (Å²) in [5, 5.41) is 21.3. The third-order valence-corrected chi connectivity index (χ3v) is 5.59. The monoisotopic (exact) mass is 477 g/mol. The van der Waals surface area contributed by atoms with Crippen LogP contribution in [0.4, 0.5) is 10.1 Å². The molecule has 1 amide bonds. The van der Waals surface area contributed by atoms with Gasteiger partial charge in [0, 0.05) is 11.3 Å². The highest BCUT2D eigenvalue weighted by molar-refractivity contribution is 6.51. The Labute approximate surface area is 201 Å². The predicted octanol–water partition coefficient (Wildman–Crippen LogP) is 4.96. The Morgan fingerprint density at radius 3 is 2.23 bits per heavy atom. The number of halogens is 1. The standard InChI is InChI=1S/C27H24FNO6/c1-3-34-20-12-10-19(11-13-20)29-24(17-7-14-21(30)22(15-17)35-4-2)23(26(32)27(29)33)25(31)16-5-8-18(28)9-6-16/h5-15,24,30-31H,3-4H2,1-2H3/b25-23-. The van der Waals surface area contributed by atoms with Crippen molar-refractivity contribution in [3.63, 3.8) is 0 Å². The van der Waals surface area contributed by atoms with Gasteiger partial charge in [-0.15, -0.1) is 0 Å².